The van der Waals surface area contributed by atoms with Gasteiger partial charge < -0.3 is 0 Å². The first-order valence-electron chi connectivity index (χ1n) is 6.03. The van der Waals surface area contributed by atoms with Gasteiger partial charge >= 0.3 is 0 Å². The topological polar surface area (TPSA) is 66.9 Å². The monoisotopic (exact) mass is 264 g/mol. The van der Waals surface area contributed by atoms with Gasteiger partial charge in [0.15, 0.2) is 0 Å². The molecule has 0 spiro atoms. The summed E-state index contributed by atoms with van der Waals surface area (Å²) >= 11 is 0. The molecular formula is C16H12N2O2. The van der Waals surface area contributed by atoms with Gasteiger partial charge in [-0.05, 0) is 24.1 Å². The molecule has 2 rings (SSSR count). The van der Waals surface area contributed by atoms with Crippen LogP contribution in [0.25, 0.3) is 11.6 Å². The fourth-order valence-electron chi connectivity index (χ4n) is 1.89. The van der Waals surface area contributed by atoms with Gasteiger partial charge in [0.05, 0.1) is 16.6 Å². The summed E-state index contributed by atoms with van der Waals surface area (Å²) in [6.07, 6.45) is 1.73. The van der Waals surface area contributed by atoms with Crippen LogP contribution in [0, 0.1) is 28.4 Å². The number of hydrogen-bond donors (Lipinski definition) is 0. The van der Waals surface area contributed by atoms with E-state index in [-0.39, 0.29) is 5.69 Å². The molecule has 4 nitrogen and oxygen atoms in total. The minimum absolute atomic E-state index is 0.0205. The molecule has 2 aromatic rings. The lowest BCUT2D eigenvalue weighted by Crippen LogP contribution is -1.89. The fourth-order valence-corrected chi connectivity index (χ4v) is 1.89. The minimum Gasteiger partial charge on any atom is -0.258 e. The van der Waals surface area contributed by atoms with Crippen LogP contribution in [0.2, 0.25) is 0 Å². The number of nitro benzene ring substituents is 1. The molecular weight excluding hydrogens is 252 g/mol. The Morgan fingerprint density at radius 2 is 2.00 bits per heavy atom. The molecule has 0 N–H and O–H groups in total. The van der Waals surface area contributed by atoms with Crippen LogP contribution in [0.15, 0.2) is 48.5 Å². The van der Waals surface area contributed by atoms with Crippen molar-refractivity contribution in [3.05, 3.63) is 75.3 Å². The van der Waals surface area contributed by atoms with Gasteiger partial charge in [-0.2, -0.15) is 5.26 Å². The van der Waals surface area contributed by atoms with Crippen LogP contribution in [0.3, 0.4) is 0 Å². The summed E-state index contributed by atoms with van der Waals surface area (Å²) in [7, 11) is 0. The minimum atomic E-state index is -0.467. The van der Waals surface area contributed by atoms with Gasteiger partial charge in [0.2, 0.25) is 0 Å². The van der Waals surface area contributed by atoms with Crippen molar-refractivity contribution in [1.29, 1.82) is 5.26 Å². The van der Waals surface area contributed by atoms with E-state index in [1.807, 2.05) is 31.2 Å². The number of non-ortho nitro benzene ring substituents is 1. The van der Waals surface area contributed by atoms with Crippen LogP contribution in [0.5, 0.6) is 0 Å². The van der Waals surface area contributed by atoms with E-state index < -0.39 is 4.92 Å². The number of allylic oxidation sites excluding steroid dienone is 1. The zero-order valence-electron chi connectivity index (χ0n) is 10.9. The molecule has 0 unspecified atom stereocenters. The fraction of sp³-hybridized carbons (Fsp3) is 0.0625. The van der Waals surface area contributed by atoms with Crippen LogP contribution in [0.1, 0.15) is 16.7 Å². The van der Waals surface area contributed by atoms with Gasteiger partial charge in [-0.25, -0.2) is 0 Å². The van der Waals surface area contributed by atoms with E-state index in [1.165, 1.54) is 12.1 Å². The van der Waals surface area contributed by atoms with Crippen LogP contribution < -0.4 is 0 Å². The maximum atomic E-state index is 10.8. The second-order valence-corrected chi connectivity index (χ2v) is 4.39. The van der Waals surface area contributed by atoms with Crippen molar-refractivity contribution in [1.82, 2.24) is 0 Å². The van der Waals surface area contributed by atoms with Crippen molar-refractivity contribution in [2.24, 2.45) is 0 Å². The standard InChI is InChI=1S/C16H12N2O2/c1-12-4-2-5-13(8-12)9-15(11-17)14-6-3-7-16(10-14)18(19)20/h2-10H,1H3. The molecule has 0 aromatic heterocycles. The largest absolute Gasteiger partial charge is 0.270 e. The summed E-state index contributed by atoms with van der Waals surface area (Å²) in [5, 5.41) is 20.0. The summed E-state index contributed by atoms with van der Waals surface area (Å²) in [6.45, 7) is 1.97. The maximum absolute atomic E-state index is 10.8. The van der Waals surface area contributed by atoms with Crippen LogP contribution in [-0.4, -0.2) is 4.92 Å². The molecule has 0 bridgehead atoms. The Hall–Kier alpha value is -2.93. The first kappa shape index (κ1) is 13.5. The highest BCUT2D eigenvalue weighted by molar-refractivity contribution is 5.90. The Labute approximate surface area is 116 Å². The molecule has 0 fully saturated rings. The third-order valence-corrected chi connectivity index (χ3v) is 2.84. The third-order valence-electron chi connectivity index (χ3n) is 2.84. The quantitative estimate of drug-likeness (QED) is 0.364. The van der Waals surface area contributed by atoms with Crippen LogP contribution >= 0.6 is 0 Å². The van der Waals surface area contributed by atoms with Gasteiger partial charge in [0.1, 0.15) is 0 Å². The van der Waals surface area contributed by atoms with E-state index in [9.17, 15) is 15.4 Å². The Morgan fingerprint density at radius 1 is 1.25 bits per heavy atom. The van der Waals surface area contributed by atoms with E-state index in [2.05, 4.69) is 6.07 Å². The van der Waals surface area contributed by atoms with Crippen LogP contribution in [-0.2, 0) is 0 Å². The number of nitriles is 1. The molecule has 0 aliphatic carbocycles. The van der Waals surface area contributed by atoms with Gasteiger partial charge in [-0.1, -0.05) is 42.0 Å². The van der Waals surface area contributed by atoms with Crippen molar-refractivity contribution >= 4 is 17.3 Å². The predicted octanol–water partition coefficient (Wildman–Crippen LogP) is 3.97. The van der Waals surface area contributed by atoms with E-state index in [0.29, 0.717) is 11.1 Å². The molecule has 0 atom stereocenters. The van der Waals surface area contributed by atoms with Crippen molar-refractivity contribution < 1.29 is 4.92 Å². The number of aryl methyl sites for hydroxylation is 1. The Balaban J connectivity index is 2.45. The molecule has 0 aliphatic heterocycles. The summed E-state index contributed by atoms with van der Waals surface area (Å²) in [6, 6.07) is 15.9. The van der Waals surface area contributed by atoms with Gasteiger partial charge in [-0.3, -0.25) is 10.1 Å². The molecule has 0 saturated heterocycles. The highest BCUT2D eigenvalue weighted by Crippen LogP contribution is 2.22. The van der Waals surface area contributed by atoms with E-state index in [4.69, 9.17) is 0 Å². The second-order valence-electron chi connectivity index (χ2n) is 4.39. The molecule has 0 heterocycles. The molecule has 98 valence electrons. The number of benzene rings is 2. The SMILES string of the molecule is Cc1cccc(C=C(C#N)c2cccc([N+](=O)[O-])c2)c1. The zero-order valence-corrected chi connectivity index (χ0v) is 10.9. The molecule has 0 amide bonds. The van der Waals surface area contributed by atoms with Crippen molar-refractivity contribution in [3.63, 3.8) is 0 Å². The summed E-state index contributed by atoms with van der Waals surface area (Å²) in [4.78, 5) is 10.3. The summed E-state index contributed by atoms with van der Waals surface area (Å²) < 4.78 is 0. The highest BCUT2D eigenvalue weighted by atomic mass is 16.6. The number of nitro groups is 1. The summed E-state index contributed by atoms with van der Waals surface area (Å²) in [5.41, 5.74) is 2.92. The van der Waals surface area contributed by atoms with Gasteiger partial charge in [0, 0.05) is 12.1 Å². The van der Waals surface area contributed by atoms with E-state index in [1.54, 1.807) is 18.2 Å². The second kappa shape index (κ2) is 5.81. The molecule has 20 heavy (non-hydrogen) atoms. The highest BCUT2D eigenvalue weighted by Gasteiger charge is 2.08. The van der Waals surface area contributed by atoms with Gasteiger partial charge in [-0.15, -0.1) is 0 Å². The smallest absolute Gasteiger partial charge is 0.258 e. The molecule has 2 aromatic carbocycles. The van der Waals surface area contributed by atoms with E-state index in [0.717, 1.165) is 11.1 Å². The predicted molar refractivity (Wildman–Crippen MR) is 77.8 cm³/mol. The molecule has 0 aliphatic rings. The number of rotatable bonds is 3. The number of hydrogen-bond acceptors (Lipinski definition) is 3. The van der Waals surface area contributed by atoms with E-state index >= 15 is 0 Å². The Kier molecular flexibility index (Phi) is 3.92. The molecule has 0 saturated carbocycles. The normalized spacial score (nSPS) is 10.9. The maximum Gasteiger partial charge on any atom is 0.270 e. The zero-order chi connectivity index (χ0) is 14.5. The molecule has 0 radical (unpaired) electrons. The first-order valence-corrected chi connectivity index (χ1v) is 6.03. The third kappa shape index (κ3) is 3.09. The first-order chi connectivity index (χ1) is 9.60. The lowest BCUT2D eigenvalue weighted by molar-refractivity contribution is -0.384. The summed E-state index contributed by atoms with van der Waals surface area (Å²) in [5.74, 6) is 0. The lowest BCUT2D eigenvalue weighted by atomic mass is 10.0. The average molecular weight is 264 g/mol. The van der Waals surface area contributed by atoms with Crippen molar-refractivity contribution in [2.45, 2.75) is 6.92 Å². The Bertz CT molecular complexity index is 727. The van der Waals surface area contributed by atoms with Gasteiger partial charge in [0.25, 0.3) is 5.69 Å². The average Bonchev–Trinajstić information content (AvgIpc) is 2.45. The van der Waals surface area contributed by atoms with Crippen molar-refractivity contribution in [2.75, 3.05) is 0 Å². The molecule has 4 heteroatoms. The van der Waals surface area contributed by atoms with Crippen molar-refractivity contribution in [3.8, 4) is 6.07 Å². The lowest BCUT2D eigenvalue weighted by Gasteiger charge is -2.01. The Morgan fingerprint density at radius 3 is 2.65 bits per heavy atom. The number of nitrogens with zero attached hydrogens (tertiary/aromatic N) is 2. The van der Waals surface area contributed by atoms with Crippen LogP contribution in [0.4, 0.5) is 5.69 Å².